The van der Waals surface area contributed by atoms with Gasteiger partial charge >= 0.3 is 5.97 Å². The van der Waals surface area contributed by atoms with Crippen molar-refractivity contribution in [3.63, 3.8) is 0 Å². The molecule has 200 valence electrons. The van der Waals surface area contributed by atoms with Gasteiger partial charge in [0.2, 0.25) is 5.91 Å². The van der Waals surface area contributed by atoms with E-state index < -0.39 is 41.8 Å². The third-order valence-corrected chi connectivity index (χ3v) is 11.2. The van der Waals surface area contributed by atoms with Crippen LogP contribution in [0.5, 0.6) is 0 Å². The Morgan fingerprint density at radius 3 is 2.23 bits per heavy atom. The first-order valence-electron chi connectivity index (χ1n) is 13.6. The summed E-state index contributed by atoms with van der Waals surface area (Å²) in [6, 6.07) is -0.919. The van der Waals surface area contributed by atoms with Crippen LogP contribution in [0.2, 0.25) is 0 Å². The lowest BCUT2D eigenvalue weighted by Crippen LogP contribution is -2.65. The van der Waals surface area contributed by atoms with Gasteiger partial charge in [-0.05, 0) is 98.2 Å². The molecule has 4 rings (SSSR count). The molecule has 4 saturated carbocycles. The minimum Gasteiger partial charge on any atom is -0.480 e. The van der Waals surface area contributed by atoms with Gasteiger partial charge < -0.3 is 30.8 Å². The van der Waals surface area contributed by atoms with Crippen LogP contribution in [0.25, 0.3) is 0 Å². The number of hydrogen-bond acceptors (Lipinski definition) is 6. The van der Waals surface area contributed by atoms with Gasteiger partial charge in [-0.1, -0.05) is 20.8 Å². The van der Waals surface area contributed by atoms with E-state index in [9.17, 15) is 30.0 Å². The highest BCUT2D eigenvalue weighted by molar-refractivity contribution is 5.83. The number of hydrogen-bond donors (Lipinski definition) is 6. The SMILES string of the molecule is C[C@H](NC(=O)CC[C@@H](C)[C@H]1CCC2C3C(C[C@H](O)[C@@]21C)[C@]1(C)[C@@H](C[C@H](O)C[C@H]1O)C[C@H]3O)C(=O)O. The summed E-state index contributed by atoms with van der Waals surface area (Å²) in [5, 5.41) is 55.9. The monoisotopic (exact) mass is 495 g/mol. The number of rotatable bonds is 6. The predicted octanol–water partition coefficient (Wildman–Crippen LogP) is 1.92. The Labute approximate surface area is 208 Å². The highest BCUT2D eigenvalue weighted by Crippen LogP contribution is 2.68. The molecule has 0 aromatic heterocycles. The Kier molecular flexibility index (Phi) is 7.35. The number of fused-ring (bicyclic) bond motifs is 5. The fraction of sp³-hybridized carbons (Fsp3) is 0.926. The minimum absolute atomic E-state index is 0.00386. The van der Waals surface area contributed by atoms with Crippen LogP contribution in [0.3, 0.4) is 0 Å². The van der Waals surface area contributed by atoms with Crippen molar-refractivity contribution in [3.05, 3.63) is 0 Å². The zero-order valence-electron chi connectivity index (χ0n) is 21.6. The summed E-state index contributed by atoms with van der Waals surface area (Å²) in [5.74, 6) is -0.780. The van der Waals surface area contributed by atoms with Gasteiger partial charge in [0.1, 0.15) is 6.04 Å². The summed E-state index contributed by atoms with van der Waals surface area (Å²) in [5.41, 5.74) is -0.803. The molecule has 0 radical (unpaired) electrons. The van der Waals surface area contributed by atoms with E-state index in [1.807, 2.05) is 0 Å². The van der Waals surface area contributed by atoms with Gasteiger partial charge in [-0.15, -0.1) is 0 Å². The zero-order valence-corrected chi connectivity index (χ0v) is 21.6. The van der Waals surface area contributed by atoms with E-state index in [0.29, 0.717) is 32.1 Å². The molecule has 13 atom stereocenters. The molecule has 8 heteroatoms. The number of carboxylic acid groups (broad SMARTS) is 1. The van der Waals surface area contributed by atoms with Gasteiger partial charge in [-0.2, -0.15) is 0 Å². The van der Waals surface area contributed by atoms with Crippen molar-refractivity contribution in [1.29, 1.82) is 0 Å². The van der Waals surface area contributed by atoms with Crippen LogP contribution in [-0.2, 0) is 9.59 Å². The third kappa shape index (κ3) is 4.32. The molecule has 6 N–H and O–H groups in total. The molecule has 0 aromatic rings. The van der Waals surface area contributed by atoms with Crippen LogP contribution >= 0.6 is 0 Å². The molecule has 0 bridgehead atoms. The maximum Gasteiger partial charge on any atom is 0.325 e. The molecule has 4 fully saturated rings. The first-order chi connectivity index (χ1) is 16.3. The molecule has 35 heavy (non-hydrogen) atoms. The van der Waals surface area contributed by atoms with E-state index in [-0.39, 0.29) is 53.3 Å². The van der Waals surface area contributed by atoms with Crippen molar-refractivity contribution < 1.29 is 35.1 Å². The molecule has 0 aromatic carbocycles. The van der Waals surface area contributed by atoms with Crippen LogP contribution in [0, 0.1) is 46.3 Å². The Bertz CT molecular complexity index is 821. The van der Waals surface area contributed by atoms with Crippen molar-refractivity contribution in [2.45, 2.75) is 110 Å². The van der Waals surface area contributed by atoms with E-state index in [1.54, 1.807) is 0 Å². The molecule has 0 spiro atoms. The van der Waals surface area contributed by atoms with Crippen molar-refractivity contribution in [2.75, 3.05) is 0 Å². The third-order valence-electron chi connectivity index (χ3n) is 11.2. The summed E-state index contributed by atoms with van der Waals surface area (Å²) < 4.78 is 0. The molecule has 0 heterocycles. The summed E-state index contributed by atoms with van der Waals surface area (Å²) in [4.78, 5) is 23.3. The lowest BCUT2D eigenvalue weighted by molar-refractivity contribution is -0.234. The molecule has 0 saturated heterocycles. The van der Waals surface area contributed by atoms with Crippen LogP contribution in [0.1, 0.15) is 79.1 Å². The molecular weight excluding hydrogens is 450 g/mol. The number of amides is 1. The highest BCUT2D eigenvalue weighted by Gasteiger charge is 2.67. The number of carbonyl (C=O) groups excluding carboxylic acids is 1. The molecule has 4 aliphatic carbocycles. The van der Waals surface area contributed by atoms with E-state index in [1.165, 1.54) is 6.92 Å². The van der Waals surface area contributed by atoms with Gasteiger partial charge in [0.25, 0.3) is 0 Å². The number of nitrogens with one attached hydrogen (secondary N) is 1. The quantitative estimate of drug-likeness (QED) is 0.330. The van der Waals surface area contributed by atoms with Gasteiger partial charge in [0.05, 0.1) is 24.4 Å². The Morgan fingerprint density at radius 2 is 1.57 bits per heavy atom. The average molecular weight is 496 g/mol. The first-order valence-corrected chi connectivity index (χ1v) is 13.6. The number of aliphatic hydroxyl groups excluding tert-OH is 4. The summed E-state index contributed by atoms with van der Waals surface area (Å²) in [6.45, 7) is 7.83. The lowest BCUT2D eigenvalue weighted by Gasteiger charge is -2.64. The van der Waals surface area contributed by atoms with Crippen molar-refractivity contribution >= 4 is 11.9 Å². The topological polar surface area (TPSA) is 147 Å². The highest BCUT2D eigenvalue weighted by atomic mass is 16.4. The van der Waals surface area contributed by atoms with E-state index in [2.05, 4.69) is 26.1 Å². The molecule has 4 aliphatic rings. The standard InChI is InChI=1S/C27H45NO7/c1-13(5-8-23(33)28-14(2)25(34)35)17-6-7-18-24-19(12-22(32)27(17,18)4)26(3)15(10-20(24)30)9-16(29)11-21(26)31/h13-22,24,29-32H,5-12H2,1-4H3,(H,28,33)(H,34,35)/t13-,14+,15+,16+,17-,18?,19?,20-,21-,22+,24?,26+,27-/m1/s1. The van der Waals surface area contributed by atoms with Gasteiger partial charge in [0, 0.05) is 6.42 Å². The van der Waals surface area contributed by atoms with Crippen LogP contribution in [0.15, 0.2) is 0 Å². The normalized spacial score (nSPS) is 48.7. The Morgan fingerprint density at radius 1 is 0.914 bits per heavy atom. The van der Waals surface area contributed by atoms with Crippen LogP contribution in [-0.4, -0.2) is 67.9 Å². The van der Waals surface area contributed by atoms with Crippen molar-refractivity contribution in [2.24, 2.45) is 46.3 Å². The first kappa shape index (κ1) is 26.8. The predicted molar refractivity (Wildman–Crippen MR) is 129 cm³/mol. The van der Waals surface area contributed by atoms with Gasteiger partial charge in [0.15, 0.2) is 0 Å². The number of carbonyl (C=O) groups is 2. The van der Waals surface area contributed by atoms with Gasteiger partial charge in [-0.25, -0.2) is 0 Å². The second-order valence-electron chi connectivity index (χ2n) is 12.7. The maximum atomic E-state index is 12.3. The second-order valence-corrected chi connectivity index (χ2v) is 12.7. The van der Waals surface area contributed by atoms with Crippen molar-refractivity contribution in [1.82, 2.24) is 5.32 Å². The lowest BCUT2D eigenvalue weighted by atomic mass is 9.42. The summed E-state index contributed by atoms with van der Waals surface area (Å²) in [6.07, 6.45) is 2.49. The molecular formula is C27H45NO7. The number of aliphatic hydroxyl groups is 4. The Hall–Kier alpha value is -1.22. The molecule has 0 aliphatic heterocycles. The van der Waals surface area contributed by atoms with Crippen LogP contribution in [0.4, 0.5) is 0 Å². The second kappa shape index (κ2) is 9.58. The molecule has 3 unspecified atom stereocenters. The zero-order chi connectivity index (χ0) is 25.9. The van der Waals surface area contributed by atoms with E-state index >= 15 is 0 Å². The smallest absolute Gasteiger partial charge is 0.325 e. The minimum atomic E-state index is -1.06. The number of aliphatic carboxylic acids is 1. The Balaban J connectivity index is 1.50. The summed E-state index contributed by atoms with van der Waals surface area (Å²) >= 11 is 0. The fourth-order valence-electron chi connectivity index (χ4n) is 9.14. The fourth-order valence-corrected chi connectivity index (χ4v) is 9.14. The number of carboxylic acids is 1. The summed E-state index contributed by atoms with van der Waals surface area (Å²) in [7, 11) is 0. The van der Waals surface area contributed by atoms with E-state index in [0.717, 1.165) is 12.8 Å². The molecule has 1 amide bonds. The van der Waals surface area contributed by atoms with Gasteiger partial charge in [-0.3, -0.25) is 9.59 Å². The average Bonchev–Trinajstić information content (AvgIpc) is 3.13. The van der Waals surface area contributed by atoms with Crippen LogP contribution < -0.4 is 5.32 Å². The molecule has 8 nitrogen and oxygen atoms in total. The largest absolute Gasteiger partial charge is 0.480 e. The maximum absolute atomic E-state index is 12.3. The van der Waals surface area contributed by atoms with Crippen molar-refractivity contribution in [3.8, 4) is 0 Å². The van der Waals surface area contributed by atoms with E-state index in [4.69, 9.17) is 5.11 Å².